The molecular formula is C16H21N3O4. The van der Waals surface area contributed by atoms with Crippen molar-refractivity contribution in [1.82, 2.24) is 14.9 Å². The molecule has 0 aliphatic rings. The molecule has 0 fully saturated rings. The average molecular weight is 319 g/mol. The fraction of sp³-hybridized carbons (Fsp3) is 0.438. The normalized spacial score (nSPS) is 12.3. The number of rotatable bonds is 7. The molecule has 0 saturated heterocycles. The topological polar surface area (TPSA) is 82.4 Å². The molecule has 1 N–H and O–H groups in total. The Balaban J connectivity index is 2.46. The van der Waals surface area contributed by atoms with Crippen LogP contribution in [0.2, 0.25) is 0 Å². The largest absolute Gasteiger partial charge is 0.383 e. The van der Waals surface area contributed by atoms with Gasteiger partial charge in [0.25, 0.3) is 5.56 Å². The van der Waals surface area contributed by atoms with Gasteiger partial charge in [-0.15, -0.1) is 0 Å². The van der Waals surface area contributed by atoms with Gasteiger partial charge in [-0.25, -0.2) is 4.98 Å². The van der Waals surface area contributed by atoms with Gasteiger partial charge in [-0.05, 0) is 19.1 Å². The highest BCUT2D eigenvalue weighted by molar-refractivity contribution is 5.78. The van der Waals surface area contributed by atoms with Crippen LogP contribution < -0.4 is 10.9 Å². The van der Waals surface area contributed by atoms with Gasteiger partial charge in [0.2, 0.25) is 5.91 Å². The second kappa shape index (κ2) is 7.85. The molecule has 1 amide bonds. The van der Waals surface area contributed by atoms with Gasteiger partial charge in [0.1, 0.15) is 12.4 Å². The molecule has 2 rings (SSSR count). The summed E-state index contributed by atoms with van der Waals surface area (Å²) in [6.07, 6.45) is 0. The lowest BCUT2D eigenvalue weighted by Crippen LogP contribution is -2.35. The number of hydrogen-bond donors (Lipinski definition) is 1. The average Bonchev–Trinajstić information content (AvgIpc) is 2.54. The first-order valence-electron chi connectivity index (χ1n) is 7.35. The van der Waals surface area contributed by atoms with Crippen molar-refractivity contribution in [3.05, 3.63) is 40.4 Å². The lowest BCUT2D eigenvalue weighted by molar-refractivity contribution is -0.125. The van der Waals surface area contributed by atoms with E-state index in [1.807, 2.05) is 6.07 Å². The van der Waals surface area contributed by atoms with Crippen molar-refractivity contribution in [3.63, 3.8) is 0 Å². The number of hydrogen-bond acceptors (Lipinski definition) is 5. The van der Waals surface area contributed by atoms with Crippen molar-refractivity contribution < 1.29 is 14.3 Å². The molecule has 23 heavy (non-hydrogen) atoms. The summed E-state index contributed by atoms with van der Waals surface area (Å²) in [4.78, 5) is 29.0. The number of benzene rings is 1. The Morgan fingerprint density at radius 2 is 2.04 bits per heavy atom. The van der Waals surface area contributed by atoms with Gasteiger partial charge in [0.05, 0.1) is 30.1 Å². The number of nitrogens with one attached hydrogen (secondary N) is 1. The van der Waals surface area contributed by atoms with Crippen LogP contribution in [0.1, 0.15) is 18.8 Å². The maximum absolute atomic E-state index is 12.7. The molecule has 0 radical (unpaired) electrons. The Hall–Kier alpha value is -2.25. The summed E-state index contributed by atoms with van der Waals surface area (Å²) in [5.41, 5.74) is 0.462. The molecule has 1 aromatic carbocycles. The zero-order valence-corrected chi connectivity index (χ0v) is 13.5. The molecular weight excluding hydrogens is 298 g/mol. The van der Waals surface area contributed by atoms with Crippen molar-refractivity contribution in [3.8, 4) is 0 Å². The molecule has 1 atom stereocenters. The fourth-order valence-corrected chi connectivity index (χ4v) is 2.39. The van der Waals surface area contributed by atoms with Crippen LogP contribution in [0.4, 0.5) is 0 Å². The first-order chi connectivity index (χ1) is 11.1. The maximum Gasteiger partial charge on any atom is 0.261 e. The van der Waals surface area contributed by atoms with Crippen LogP contribution >= 0.6 is 0 Å². The summed E-state index contributed by atoms with van der Waals surface area (Å²) in [5, 5.41) is 3.32. The van der Waals surface area contributed by atoms with E-state index in [2.05, 4.69) is 10.3 Å². The number of amides is 1. The molecule has 2 aromatic rings. The number of ether oxygens (including phenoxy) is 2. The molecule has 7 heteroatoms. The molecule has 7 nitrogen and oxygen atoms in total. The smallest absolute Gasteiger partial charge is 0.261 e. The molecule has 1 aromatic heterocycles. The number of carbonyl (C=O) groups excluding carboxylic acids is 1. The van der Waals surface area contributed by atoms with Gasteiger partial charge in [-0.2, -0.15) is 0 Å². The van der Waals surface area contributed by atoms with Crippen LogP contribution in [0.15, 0.2) is 29.1 Å². The van der Waals surface area contributed by atoms with Crippen molar-refractivity contribution in [1.29, 1.82) is 0 Å². The Morgan fingerprint density at radius 3 is 2.74 bits per heavy atom. The van der Waals surface area contributed by atoms with Crippen LogP contribution in [0, 0.1) is 0 Å². The van der Waals surface area contributed by atoms with Crippen molar-refractivity contribution >= 4 is 16.8 Å². The Labute approximate surface area is 134 Å². The summed E-state index contributed by atoms with van der Waals surface area (Å²) in [6, 6.07) is 6.73. The number of nitrogens with zero attached hydrogens (tertiary/aromatic N) is 2. The van der Waals surface area contributed by atoms with E-state index in [0.29, 0.717) is 29.9 Å². The zero-order valence-electron chi connectivity index (χ0n) is 13.5. The minimum atomic E-state index is -0.424. The molecule has 0 bridgehead atoms. The Kier molecular flexibility index (Phi) is 5.84. The first kappa shape index (κ1) is 17.1. The molecule has 0 unspecified atom stereocenters. The van der Waals surface area contributed by atoms with Crippen LogP contribution in [0.3, 0.4) is 0 Å². The van der Waals surface area contributed by atoms with E-state index in [4.69, 9.17) is 9.47 Å². The predicted molar refractivity (Wildman–Crippen MR) is 86.3 cm³/mol. The predicted octanol–water partition coefficient (Wildman–Crippen LogP) is 0.866. The van der Waals surface area contributed by atoms with Gasteiger partial charge in [-0.3, -0.25) is 14.2 Å². The molecule has 1 heterocycles. The highest BCUT2D eigenvalue weighted by Gasteiger charge is 2.18. The zero-order chi connectivity index (χ0) is 16.8. The lowest BCUT2D eigenvalue weighted by atomic mass is 10.2. The Morgan fingerprint density at radius 1 is 1.30 bits per heavy atom. The fourth-order valence-electron chi connectivity index (χ4n) is 2.39. The first-order valence-corrected chi connectivity index (χ1v) is 7.35. The quantitative estimate of drug-likeness (QED) is 0.819. The van der Waals surface area contributed by atoms with Crippen LogP contribution in [-0.2, 0) is 20.8 Å². The number of para-hydroxylation sites is 1. The van der Waals surface area contributed by atoms with E-state index >= 15 is 0 Å². The minimum absolute atomic E-state index is 0.0414. The van der Waals surface area contributed by atoms with Crippen molar-refractivity contribution in [2.75, 3.05) is 27.4 Å². The molecule has 0 aliphatic heterocycles. The summed E-state index contributed by atoms with van der Waals surface area (Å²) in [6.45, 7) is 2.49. The van der Waals surface area contributed by atoms with E-state index in [1.165, 1.54) is 7.11 Å². The van der Waals surface area contributed by atoms with E-state index < -0.39 is 6.04 Å². The number of aromatic nitrogens is 2. The van der Waals surface area contributed by atoms with Gasteiger partial charge in [0, 0.05) is 14.2 Å². The van der Waals surface area contributed by atoms with E-state index in [1.54, 1.807) is 36.8 Å². The van der Waals surface area contributed by atoms with Crippen LogP contribution in [0.5, 0.6) is 0 Å². The van der Waals surface area contributed by atoms with Crippen LogP contribution in [0.25, 0.3) is 10.9 Å². The summed E-state index contributed by atoms with van der Waals surface area (Å²) in [7, 11) is 3.02. The highest BCUT2D eigenvalue weighted by atomic mass is 16.5. The molecule has 0 saturated carbocycles. The number of carbonyl (C=O) groups is 1. The van der Waals surface area contributed by atoms with Gasteiger partial charge < -0.3 is 14.8 Å². The standard InChI is InChI=1S/C16H21N3O4/c1-11(17-14(20)10-23-3)15-18-13-7-5-4-6-12(13)16(21)19(15)8-9-22-2/h4-7,11H,8-10H2,1-3H3,(H,17,20)/t11-/m1/s1. The third-order valence-electron chi connectivity index (χ3n) is 3.45. The van der Waals surface area contributed by atoms with Gasteiger partial charge in [0.15, 0.2) is 0 Å². The minimum Gasteiger partial charge on any atom is -0.383 e. The second-order valence-corrected chi connectivity index (χ2v) is 5.16. The summed E-state index contributed by atoms with van der Waals surface area (Å²) in [5.74, 6) is 0.232. The monoisotopic (exact) mass is 319 g/mol. The van der Waals surface area contributed by atoms with Crippen LogP contribution in [-0.4, -0.2) is 42.9 Å². The number of methoxy groups -OCH3 is 2. The molecule has 0 aliphatic carbocycles. The van der Waals surface area contributed by atoms with Gasteiger partial charge >= 0.3 is 0 Å². The third kappa shape index (κ3) is 3.94. The molecule has 124 valence electrons. The maximum atomic E-state index is 12.7. The van der Waals surface area contributed by atoms with Crippen molar-refractivity contribution in [2.24, 2.45) is 0 Å². The second-order valence-electron chi connectivity index (χ2n) is 5.16. The lowest BCUT2D eigenvalue weighted by Gasteiger charge is -2.19. The molecule has 0 spiro atoms. The highest BCUT2D eigenvalue weighted by Crippen LogP contribution is 2.13. The SMILES string of the molecule is COCCn1c([C@@H](C)NC(=O)COC)nc2ccccc2c1=O. The summed E-state index contributed by atoms with van der Waals surface area (Å²) >= 11 is 0. The summed E-state index contributed by atoms with van der Waals surface area (Å²) < 4.78 is 11.4. The third-order valence-corrected chi connectivity index (χ3v) is 3.45. The van der Waals surface area contributed by atoms with E-state index in [-0.39, 0.29) is 18.1 Å². The Bertz CT molecular complexity index is 742. The van der Waals surface area contributed by atoms with E-state index in [9.17, 15) is 9.59 Å². The van der Waals surface area contributed by atoms with Gasteiger partial charge in [-0.1, -0.05) is 12.1 Å². The number of fused-ring (bicyclic) bond motifs is 1. The van der Waals surface area contributed by atoms with Crippen molar-refractivity contribution in [2.45, 2.75) is 19.5 Å². The van der Waals surface area contributed by atoms with E-state index in [0.717, 1.165) is 0 Å².